The van der Waals surface area contributed by atoms with Gasteiger partial charge in [0, 0.05) is 19.1 Å². The quantitative estimate of drug-likeness (QED) is 0.944. The van der Waals surface area contributed by atoms with E-state index in [0.29, 0.717) is 25.7 Å². The molecule has 1 N–H and O–H groups in total. The molecular formula is C14H18N4O2S. The van der Waals surface area contributed by atoms with Gasteiger partial charge in [0.2, 0.25) is 0 Å². The second-order valence-corrected chi connectivity index (χ2v) is 5.86. The molecule has 1 amide bonds. The van der Waals surface area contributed by atoms with Crippen molar-refractivity contribution in [3.8, 4) is 0 Å². The smallest absolute Gasteiger partial charge is 0.409 e. The average Bonchev–Trinajstić information content (AvgIpc) is 2.98. The Bertz CT molecular complexity index is 622. The Morgan fingerprint density at radius 1 is 1.48 bits per heavy atom. The van der Waals surface area contributed by atoms with Crippen molar-refractivity contribution in [2.75, 3.05) is 25.0 Å². The van der Waals surface area contributed by atoms with Crippen LogP contribution in [0, 0.1) is 0 Å². The monoisotopic (exact) mass is 306 g/mol. The van der Waals surface area contributed by atoms with Crippen molar-refractivity contribution in [1.29, 1.82) is 0 Å². The Balaban J connectivity index is 1.60. The summed E-state index contributed by atoms with van der Waals surface area (Å²) in [4.78, 5) is 23.0. The van der Waals surface area contributed by atoms with E-state index in [2.05, 4.69) is 15.3 Å². The van der Waals surface area contributed by atoms with E-state index in [1.165, 1.54) is 0 Å². The molecule has 0 saturated carbocycles. The second-order valence-electron chi connectivity index (χ2n) is 4.97. The van der Waals surface area contributed by atoms with Gasteiger partial charge < -0.3 is 15.0 Å². The standard InChI is InChI=1S/C14H18N4O2S/c1-2-20-14(19)18-6-3-10(4-7-18)17-12-11-5-8-21-13(11)16-9-15-12/h5,8-10H,2-4,6-7H2,1H3,(H,15,16,17). The lowest BCUT2D eigenvalue weighted by molar-refractivity contribution is 0.0983. The molecule has 0 unspecified atom stereocenters. The number of aromatic nitrogens is 2. The van der Waals surface area contributed by atoms with E-state index in [1.807, 2.05) is 18.4 Å². The first-order valence-electron chi connectivity index (χ1n) is 7.14. The Kier molecular flexibility index (Phi) is 4.19. The minimum Gasteiger partial charge on any atom is -0.450 e. The summed E-state index contributed by atoms with van der Waals surface area (Å²) in [6.45, 7) is 3.68. The number of hydrogen-bond donors (Lipinski definition) is 1. The first-order chi connectivity index (χ1) is 10.3. The van der Waals surface area contributed by atoms with Gasteiger partial charge in [-0.3, -0.25) is 0 Å². The molecule has 0 spiro atoms. The fourth-order valence-electron chi connectivity index (χ4n) is 2.52. The van der Waals surface area contributed by atoms with Crippen molar-refractivity contribution in [2.24, 2.45) is 0 Å². The van der Waals surface area contributed by atoms with Crippen LogP contribution < -0.4 is 5.32 Å². The molecule has 0 aromatic carbocycles. The molecule has 1 aliphatic rings. The highest BCUT2D eigenvalue weighted by Crippen LogP contribution is 2.25. The Morgan fingerprint density at radius 2 is 2.29 bits per heavy atom. The van der Waals surface area contributed by atoms with Gasteiger partial charge in [0.25, 0.3) is 0 Å². The highest BCUT2D eigenvalue weighted by atomic mass is 32.1. The van der Waals surface area contributed by atoms with Crippen molar-refractivity contribution >= 4 is 33.5 Å². The molecule has 2 aromatic heterocycles. The number of carbonyl (C=O) groups is 1. The topological polar surface area (TPSA) is 67.3 Å². The van der Waals surface area contributed by atoms with Crippen molar-refractivity contribution < 1.29 is 9.53 Å². The Hall–Kier alpha value is -1.89. The van der Waals surface area contributed by atoms with Gasteiger partial charge in [0.15, 0.2) is 0 Å². The minimum atomic E-state index is -0.210. The Labute approximate surface area is 127 Å². The number of nitrogens with one attached hydrogen (secondary N) is 1. The predicted molar refractivity (Wildman–Crippen MR) is 82.7 cm³/mol. The van der Waals surface area contributed by atoms with Crippen LogP contribution in [-0.2, 0) is 4.74 Å². The van der Waals surface area contributed by atoms with Crippen molar-refractivity contribution in [3.63, 3.8) is 0 Å². The summed E-state index contributed by atoms with van der Waals surface area (Å²) in [5.74, 6) is 0.885. The van der Waals surface area contributed by atoms with E-state index < -0.39 is 0 Å². The number of amides is 1. The highest BCUT2D eigenvalue weighted by Gasteiger charge is 2.24. The number of likely N-dealkylation sites (tertiary alicyclic amines) is 1. The van der Waals surface area contributed by atoms with Crippen molar-refractivity contribution in [3.05, 3.63) is 17.8 Å². The number of fused-ring (bicyclic) bond motifs is 1. The average molecular weight is 306 g/mol. The number of nitrogens with zero attached hydrogens (tertiary/aromatic N) is 3. The third kappa shape index (κ3) is 3.07. The third-order valence-corrected chi connectivity index (χ3v) is 4.44. The van der Waals surface area contributed by atoms with Crippen LogP contribution in [0.1, 0.15) is 19.8 Å². The van der Waals surface area contributed by atoms with Crippen LogP contribution >= 0.6 is 11.3 Å². The van der Waals surface area contributed by atoms with Crippen LogP contribution in [0.3, 0.4) is 0 Å². The van der Waals surface area contributed by atoms with Crippen molar-refractivity contribution in [1.82, 2.24) is 14.9 Å². The van der Waals surface area contributed by atoms with E-state index in [0.717, 1.165) is 28.9 Å². The molecule has 3 rings (SSSR count). The van der Waals surface area contributed by atoms with Crippen LogP contribution in [-0.4, -0.2) is 46.7 Å². The molecule has 0 atom stereocenters. The molecule has 0 bridgehead atoms. The molecule has 7 heteroatoms. The number of thiophene rings is 1. The van der Waals surface area contributed by atoms with Crippen LogP contribution in [0.4, 0.5) is 10.6 Å². The van der Waals surface area contributed by atoms with Crippen LogP contribution in [0.2, 0.25) is 0 Å². The predicted octanol–water partition coefficient (Wildman–Crippen LogP) is 2.72. The van der Waals surface area contributed by atoms with Gasteiger partial charge in [-0.1, -0.05) is 0 Å². The molecule has 0 aliphatic carbocycles. The fraction of sp³-hybridized carbons (Fsp3) is 0.500. The SMILES string of the molecule is CCOC(=O)N1CCC(Nc2ncnc3sccc23)CC1. The van der Waals surface area contributed by atoms with Gasteiger partial charge in [-0.05, 0) is 31.2 Å². The van der Waals surface area contributed by atoms with Crippen molar-refractivity contribution in [2.45, 2.75) is 25.8 Å². The van der Waals surface area contributed by atoms with Gasteiger partial charge in [-0.2, -0.15) is 0 Å². The van der Waals surface area contributed by atoms with Gasteiger partial charge in [-0.25, -0.2) is 14.8 Å². The molecule has 3 heterocycles. The summed E-state index contributed by atoms with van der Waals surface area (Å²) in [6.07, 6.45) is 3.18. The van der Waals surface area contributed by atoms with Crippen LogP contribution in [0.15, 0.2) is 17.8 Å². The summed E-state index contributed by atoms with van der Waals surface area (Å²) in [5, 5.41) is 6.57. The highest BCUT2D eigenvalue weighted by molar-refractivity contribution is 7.16. The van der Waals surface area contributed by atoms with Crippen LogP contribution in [0.25, 0.3) is 10.2 Å². The zero-order valence-corrected chi connectivity index (χ0v) is 12.7. The minimum absolute atomic E-state index is 0.210. The van der Waals surface area contributed by atoms with Gasteiger partial charge in [0.1, 0.15) is 17.0 Å². The lowest BCUT2D eigenvalue weighted by atomic mass is 10.1. The first kappa shape index (κ1) is 14.1. The molecule has 21 heavy (non-hydrogen) atoms. The number of piperidine rings is 1. The zero-order valence-electron chi connectivity index (χ0n) is 11.9. The number of hydrogen-bond acceptors (Lipinski definition) is 6. The number of ether oxygens (including phenoxy) is 1. The molecule has 1 saturated heterocycles. The number of rotatable bonds is 3. The maximum atomic E-state index is 11.7. The van der Waals surface area contributed by atoms with E-state index in [-0.39, 0.29) is 6.09 Å². The largest absolute Gasteiger partial charge is 0.450 e. The Morgan fingerprint density at radius 3 is 3.05 bits per heavy atom. The maximum Gasteiger partial charge on any atom is 0.409 e. The second kappa shape index (κ2) is 6.26. The molecule has 2 aromatic rings. The zero-order chi connectivity index (χ0) is 14.7. The third-order valence-electron chi connectivity index (χ3n) is 3.62. The molecule has 6 nitrogen and oxygen atoms in total. The number of anilines is 1. The molecule has 112 valence electrons. The van der Waals surface area contributed by atoms with Crippen LogP contribution in [0.5, 0.6) is 0 Å². The fourth-order valence-corrected chi connectivity index (χ4v) is 3.25. The summed E-state index contributed by atoms with van der Waals surface area (Å²) in [5.41, 5.74) is 0. The van der Waals surface area contributed by atoms with E-state index >= 15 is 0 Å². The van der Waals surface area contributed by atoms with Gasteiger partial charge >= 0.3 is 6.09 Å². The van der Waals surface area contributed by atoms with E-state index in [4.69, 9.17) is 4.74 Å². The summed E-state index contributed by atoms with van der Waals surface area (Å²) in [7, 11) is 0. The van der Waals surface area contributed by atoms with E-state index in [1.54, 1.807) is 22.6 Å². The summed E-state index contributed by atoms with van der Waals surface area (Å²) < 4.78 is 5.03. The molecule has 1 aliphatic heterocycles. The normalized spacial score (nSPS) is 16.1. The lowest BCUT2D eigenvalue weighted by Gasteiger charge is -2.31. The first-order valence-corrected chi connectivity index (χ1v) is 8.02. The van der Waals surface area contributed by atoms with Gasteiger partial charge in [-0.15, -0.1) is 11.3 Å². The lowest BCUT2D eigenvalue weighted by Crippen LogP contribution is -2.42. The maximum absolute atomic E-state index is 11.7. The molecular weight excluding hydrogens is 288 g/mol. The number of carbonyl (C=O) groups excluding carboxylic acids is 1. The summed E-state index contributed by atoms with van der Waals surface area (Å²) >= 11 is 1.61. The molecule has 0 radical (unpaired) electrons. The summed E-state index contributed by atoms with van der Waals surface area (Å²) in [6, 6.07) is 2.37. The van der Waals surface area contributed by atoms with E-state index in [9.17, 15) is 4.79 Å². The van der Waals surface area contributed by atoms with Gasteiger partial charge in [0.05, 0.1) is 12.0 Å². The molecule has 1 fully saturated rings.